The Labute approximate surface area is 99.9 Å². The summed E-state index contributed by atoms with van der Waals surface area (Å²) in [6.45, 7) is 1.87. The van der Waals surface area contributed by atoms with E-state index < -0.39 is 12.2 Å². The predicted octanol–water partition coefficient (Wildman–Crippen LogP) is 1.49. The number of aliphatic hydroxyl groups excluding tert-OH is 1. The van der Waals surface area contributed by atoms with Gasteiger partial charge in [0.05, 0.1) is 13.2 Å². The van der Waals surface area contributed by atoms with Crippen LogP contribution in [0.1, 0.15) is 18.6 Å². The van der Waals surface area contributed by atoms with Crippen molar-refractivity contribution < 1.29 is 24.1 Å². The molecule has 1 aromatic rings. The van der Waals surface area contributed by atoms with Crippen molar-refractivity contribution in [3.8, 4) is 17.2 Å². The average Bonchev–Trinajstić information content (AvgIpc) is 2.75. The van der Waals surface area contributed by atoms with Crippen LogP contribution >= 0.6 is 0 Å². The first-order valence-electron chi connectivity index (χ1n) is 5.35. The molecule has 1 aliphatic heterocycles. The summed E-state index contributed by atoms with van der Waals surface area (Å²) in [5.41, 5.74) is 0.745. The lowest BCUT2D eigenvalue weighted by atomic mass is 10.0. The summed E-state index contributed by atoms with van der Waals surface area (Å²) in [4.78, 5) is 0. The zero-order chi connectivity index (χ0) is 12.4. The summed E-state index contributed by atoms with van der Waals surface area (Å²) in [5.74, 6) is 1.90. The third-order valence-electron chi connectivity index (χ3n) is 2.72. The van der Waals surface area contributed by atoms with Gasteiger partial charge in [-0.15, -0.1) is 0 Å². The van der Waals surface area contributed by atoms with Gasteiger partial charge >= 0.3 is 0 Å². The number of aliphatic hydroxyl groups is 1. The molecule has 0 saturated heterocycles. The van der Waals surface area contributed by atoms with E-state index in [-0.39, 0.29) is 6.79 Å². The molecule has 5 nitrogen and oxygen atoms in total. The zero-order valence-electron chi connectivity index (χ0n) is 10.1. The van der Waals surface area contributed by atoms with Crippen molar-refractivity contribution in [1.29, 1.82) is 0 Å². The van der Waals surface area contributed by atoms with Gasteiger partial charge in [0.25, 0.3) is 0 Å². The Kier molecular flexibility index (Phi) is 3.40. The van der Waals surface area contributed by atoms with Gasteiger partial charge in [-0.25, -0.2) is 0 Å². The van der Waals surface area contributed by atoms with Crippen LogP contribution in [-0.2, 0) is 4.74 Å². The molecular weight excluding hydrogens is 224 g/mol. The van der Waals surface area contributed by atoms with Gasteiger partial charge < -0.3 is 24.1 Å². The molecule has 17 heavy (non-hydrogen) atoms. The Bertz CT molecular complexity index is 402. The second kappa shape index (κ2) is 4.81. The molecule has 94 valence electrons. The summed E-state index contributed by atoms with van der Waals surface area (Å²) >= 11 is 0. The highest BCUT2D eigenvalue weighted by molar-refractivity contribution is 5.52. The predicted molar refractivity (Wildman–Crippen MR) is 60.5 cm³/mol. The van der Waals surface area contributed by atoms with E-state index >= 15 is 0 Å². The molecule has 0 bridgehead atoms. The second-order valence-electron chi connectivity index (χ2n) is 3.84. The van der Waals surface area contributed by atoms with Crippen molar-refractivity contribution >= 4 is 0 Å². The van der Waals surface area contributed by atoms with Crippen molar-refractivity contribution in [2.75, 3.05) is 21.0 Å². The third-order valence-corrected chi connectivity index (χ3v) is 2.72. The molecule has 0 aromatic heterocycles. The van der Waals surface area contributed by atoms with E-state index in [1.165, 1.54) is 0 Å². The minimum atomic E-state index is -0.644. The first-order chi connectivity index (χ1) is 8.17. The van der Waals surface area contributed by atoms with Gasteiger partial charge in [0.1, 0.15) is 11.9 Å². The SMILES string of the molecule is COc1cc2c(cc1[C@H](OC)[C@H](C)O)OCO2. The van der Waals surface area contributed by atoms with Crippen LogP contribution in [0.25, 0.3) is 0 Å². The number of benzene rings is 1. The summed E-state index contributed by atoms with van der Waals surface area (Å²) in [5, 5.41) is 9.68. The van der Waals surface area contributed by atoms with E-state index in [2.05, 4.69) is 0 Å². The molecule has 1 N–H and O–H groups in total. The normalized spacial score (nSPS) is 16.7. The summed E-state index contributed by atoms with van der Waals surface area (Å²) in [7, 11) is 3.11. The van der Waals surface area contributed by atoms with Crippen molar-refractivity contribution in [2.24, 2.45) is 0 Å². The molecular formula is C12H16O5. The smallest absolute Gasteiger partial charge is 0.231 e. The van der Waals surface area contributed by atoms with E-state index in [0.29, 0.717) is 17.2 Å². The summed E-state index contributed by atoms with van der Waals surface area (Å²) in [6.07, 6.45) is -1.10. The summed E-state index contributed by atoms with van der Waals surface area (Å²) < 4.78 is 21.1. The molecule has 1 aliphatic rings. The zero-order valence-corrected chi connectivity index (χ0v) is 10.1. The molecule has 0 unspecified atom stereocenters. The molecule has 0 saturated carbocycles. The molecule has 5 heteroatoms. The van der Waals surface area contributed by atoms with Crippen LogP contribution in [0.15, 0.2) is 12.1 Å². The molecule has 1 heterocycles. The number of rotatable bonds is 4. The van der Waals surface area contributed by atoms with E-state index in [4.69, 9.17) is 18.9 Å². The maximum atomic E-state index is 9.68. The van der Waals surface area contributed by atoms with Gasteiger partial charge in [-0.1, -0.05) is 0 Å². The Morgan fingerprint density at radius 2 is 1.88 bits per heavy atom. The quantitative estimate of drug-likeness (QED) is 0.864. The summed E-state index contributed by atoms with van der Waals surface area (Å²) in [6, 6.07) is 3.52. The monoisotopic (exact) mass is 240 g/mol. The third kappa shape index (κ3) is 2.16. The molecule has 2 atom stereocenters. The lowest BCUT2D eigenvalue weighted by Gasteiger charge is -2.21. The van der Waals surface area contributed by atoms with Crippen molar-refractivity contribution in [3.63, 3.8) is 0 Å². The van der Waals surface area contributed by atoms with Crippen LogP contribution in [0.2, 0.25) is 0 Å². The topological polar surface area (TPSA) is 57.2 Å². The van der Waals surface area contributed by atoms with E-state index in [9.17, 15) is 5.11 Å². The van der Waals surface area contributed by atoms with E-state index in [0.717, 1.165) is 5.56 Å². The van der Waals surface area contributed by atoms with Crippen molar-refractivity contribution in [1.82, 2.24) is 0 Å². The van der Waals surface area contributed by atoms with Crippen molar-refractivity contribution in [2.45, 2.75) is 19.1 Å². The molecule has 2 rings (SSSR count). The van der Waals surface area contributed by atoms with Crippen molar-refractivity contribution in [3.05, 3.63) is 17.7 Å². The number of ether oxygens (including phenoxy) is 4. The molecule has 0 amide bonds. The minimum absolute atomic E-state index is 0.203. The number of fused-ring (bicyclic) bond motifs is 1. The molecule has 1 aromatic carbocycles. The standard InChI is InChI=1S/C12H16O5/c1-7(13)12(15-3)8-4-10-11(17-6-16-10)5-9(8)14-2/h4-5,7,12-13H,6H2,1-3H3/t7-,12+/m0/s1. The van der Waals surface area contributed by atoms with Crippen LogP contribution in [0, 0.1) is 0 Å². The van der Waals surface area contributed by atoms with Crippen LogP contribution in [0.4, 0.5) is 0 Å². The van der Waals surface area contributed by atoms with Crippen LogP contribution in [0.5, 0.6) is 17.2 Å². The van der Waals surface area contributed by atoms with Gasteiger partial charge in [0.15, 0.2) is 11.5 Å². The second-order valence-corrected chi connectivity index (χ2v) is 3.84. The first kappa shape index (κ1) is 12.0. The highest BCUT2D eigenvalue weighted by Crippen LogP contribution is 2.41. The fourth-order valence-corrected chi connectivity index (χ4v) is 1.92. The lowest BCUT2D eigenvalue weighted by molar-refractivity contribution is -0.00481. The molecule has 0 radical (unpaired) electrons. The van der Waals surface area contributed by atoms with Gasteiger partial charge in [-0.2, -0.15) is 0 Å². The fraction of sp³-hybridized carbons (Fsp3) is 0.500. The highest BCUT2D eigenvalue weighted by atomic mass is 16.7. The molecule has 0 spiro atoms. The maximum absolute atomic E-state index is 9.68. The van der Waals surface area contributed by atoms with Gasteiger partial charge in [-0.3, -0.25) is 0 Å². The van der Waals surface area contributed by atoms with Crippen LogP contribution in [-0.4, -0.2) is 32.2 Å². The van der Waals surface area contributed by atoms with E-state index in [1.54, 1.807) is 33.3 Å². The largest absolute Gasteiger partial charge is 0.496 e. The minimum Gasteiger partial charge on any atom is -0.496 e. The number of hydrogen-bond acceptors (Lipinski definition) is 5. The number of methoxy groups -OCH3 is 2. The van der Waals surface area contributed by atoms with Crippen LogP contribution < -0.4 is 14.2 Å². The van der Waals surface area contributed by atoms with Crippen LogP contribution in [0.3, 0.4) is 0 Å². The average molecular weight is 240 g/mol. The first-order valence-corrected chi connectivity index (χ1v) is 5.35. The Morgan fingerprint density at radius 3 is 2.41 bits per heavy atom. The van der Waals surface area contributed by atoms with Gasteiger partial charge in [0.2, 0.25) is 6.79 Å². The maximum Gasteiger partial charge on any atom is 0.231 e. The van der Waals surface area contributed by atoms with Gasteiger partial charge in [-0.05, 0) is 13.0 Å². The van der Waals surface area contributed by atoms with Gasteiger partial charge in [0, 0.05) is 18.7 Å². The Morgan fingerprint density at radius 1 is 1.24 bits per heavy atom. The highest BCUT2D eigenvalue weighted by Gasteiger charge is 2.25. The molecule has 0 aliphatic carbocycles. The lowest BCUT2D eigenvalue weighted by Crippen LogP contribution is -2.17. The molecule has 0 fully saturated rings. The Hall–Kier alpha value is -1.46. The van der Waals surface area contributed by atoms with E-state index in [1.807, 2.05) is 0 Å². The fourth-order valence-electron chi connectivity index (χ4n) is 1.92. The Balaban J connectivity index is 2.44. The number of hydrogen-bond donors (Lipinski definition) is 1.